The molecule has 1 amide bonds. The van der Waals surface area contributed by atoms with Gasteiger partial charge in [-0.25, -0.2) is 8.42 Å². The molecule has 1 aromatic rings. The predicted molar refractivity (Wildman–Crippen MR) is 99.9 cm³/mol. The molecule has 2 heterocycles. The SMILES string of the molecule is COc1ccc(S(=O)(=O)N2CCCCC2)cc1C(=O)N1CCC[C@H](C)C1. The van der Waals surface area contributed by atoms with E-state index in [2.05, 4.69) is 6.92 Å². The van der Waals surface area contributed by atoms with Crippen molar-refractivity contribution in [3.63, 3.8) is 0 Å². The van der Waals surface area contributed by atoms with Gasteiger partial charge in [0.15, 0.2) is 0 Å². The quantitative estimate of drug-likeness (QED) is 0.806. The van der Waals surface area contributed by atoms with Gasteiger partial charge in [-0.05, 0) is 49.8 Å². The maximum Gasteiger partial charge on any atom is 0.257 e. The molecule has 2 aliphatic rings. The first-order valence-corrected chi connectivity index (χ1v) is 10.8. The van der Waals surface area contributed by atoms with Crippen LogP contribution in [0.25, 0.3) is 0 Å². The molecule has 1 aromatic carbocycles. The highest BCUT2D eigenvalue weighted by molar-refractivity contribution is 7.89. The molecule has 0 aromatic heterocycles. The third-order valence-corrected chi connectivity index (χ3v) is 7.19. The molecule has 0 N–H and O–H groups in total. The lowest BCUT2D eigenvalue weighted by atomic mass is 9.99. The van der Waals surface area contributed by atoms with Gasteiger partial charge in [0, 0.05) is 26.2 Å². The van der Waals surface area contributed by atoms with Gasteiger partial charge in [0.2, 0.25) is 10.0 Å². The van der Waals surface area contributed by atoms with Crippen LogP contribution in [0.2, 0.25) is 0 Å². The molecule has 2 saturated heterocycles. The van der Waals surface area contributed by atoms with Gasteiger partial charge < -0.3 is 9.64 Å². The van der Waals surface area contributed by atoms with Crippen LogP contribution in [-0.4, -0.2) is 56.8 Å². The molecule has 3 rings (SSSR count). The Labute approximate surface area is 156 Å². The zero-order valence-corrected chi connectivity index (χ0v) is 16.4. The fourth-order valence-corrected chi connectivity index (χ4v) is 5.36. The molecule has 7 heteroatoms. The van der Waals surface area contributed by atoms with Crippen LogP contribution in [0.1, 0.15) is 49.4 Å². The van der Waals surface area contributed by atoms with Gasteiger partial charge in [-0.2, -0.15) is 4.31 Å². The van der Waals surface area contributed by atoms with E-state index in [0.29, 0.717) is 43.4 Å². The second kappa shape index (κ2) is 7.96. The van der Waals surface area contributed by atoms with Gasteiger partial charge in [0.1, 0.15) is 5.75 Å². The highest BCUT2D eigenvalue weighted by Crippen LogP contribution is 2.28. The molecule has 26 heavy (non-hydrogen) atoms. The molecular weight excluding hydrogens is 352 g/mol. The first kappa shape index (κ1) is 19.2. The van der Waals surface area contributed by atoms with Crippen LogP contribution < -0.4 is 4.74 Å². The number of piperidine rings is 2. The summed E-state index contributed by atoms with van der Waals surface area (Å²) in [7, 11) is -2.07. The van der Waals surface area contributed by atoms with Crippen molar-refractivity contribution in [2.45, 2.75) is 43.9 Å². The number of rotatable bonds is 4. The van der Waals surface area contributed by atoms with Crippen LogP contribution in [0.5, 0.6) is 5.75 Å². The molecule has 0 bridgehead atoms. The maximum atomic E-state index is 13.0. The fraction of sp³-hybridized carbons (Fsp3) is 0.632. The van der Waals surface area contributed by atoms with Crippen LogP contribution in [0.15, 0.2) is 23.1 Å². The smallest absolute Gasteiger partial charge is 0.257 e. The van der Waals surface area contributed by atoms with E-state index in [4.69, 9.17) is 4.74 Å². The van der Waals surface area contributed by atoms with Crippen LogP contribution in [0.3, 0.4) is 0 Å². The molecule has 0 radical (unpaired) electrons. The van der Waals surface area contributed by atoms with E-state index >= 15 is 0 Å². The molecule has 0 saturated carbocycles. The van der Waals surface area contributed by atoms with Crippen molar-refractivity contribution >= 4 is 15.9 Å². The van der Waals surface area contributed by atoms with E-state index < -0.39 is 10.0 Å². The lowest BCUT2D eigenvalue weighted by Gasteiger charge is -2.31. The van der Waals surface area contributed by atoms with E-state index in [1.807, 2.05) is 4.90 Å². The van der Waals surface area contributed by atoms with E-state index in [0.717, 1.165) is 32.1 Å². The van der Waals surface area contributed by atoms with Gasteiger partial charge in [-0.3, -0.25) is 4.79 Å². The zero-order valence-electron chi connectivity index (χ0n) is 15.6. The molecule has 2 fully saturated rings. The van der Waals surface area contributed by atoms with Crippen molar-refractivity contribution in [2.75, 3.05) is 33.3 Å². The summed E-state index contributed by atoms with van der Waals surface area (Å²) in [6.45, 7) is 4.62. The van der Waals surface area contributed by atoms with E-state index in [1.54, 1.807) is 12.1 Å². The van der Waals surface area contributed by atoms with Crippen LogP contribution >= 0.6 is 0 Å². The Bertz CT molecular complexity index is 757. The second-order valence-electron chi connectivity index (χ2n) is 7.33. The number of methoxy groups -OCH3 is 1. The monoisotopic (exact) mass is 380 g/mol. The molecular formula is C19H28N2O4S. The van der Waals surface area contributed by atoms with Crippen molar-refractivity contribution < 1.29 is 17.9 Å². The second-order valence-corrected chi connectivity index (χ2v) is 9.26. The van der Waals surface area contributed by atoms with Crippen LogP contribution in [0.4, 0.5) is 0 Å². The maximum absolute atomic E-state index is 13.0. The molecule has 0 unspecified atom stereocenters. The van der Waals surface area contributed by atoms with Crippen molar-refractivity contribution in [1.82, 2.24) is 9.21 Å². The predicted octanol–water partition coefficient (Wildman–Crippen LogP) is 2.74. The molecule has 0 spiro atoms. The number of likely N-dealkylation sites (tertiary alicyclic amines) is 1. The lowest BCUT2D eigenvalue weighted by Crippen LogP contribution is -2.39. The van der Waals surface area contributed by atoms with E-state index in [1.165, 1.54) is 17.5 Å². The van der Waals surface area contributed by atoms with Crippen molar-refractivity contribution in [3.05, 3.63) is 23.8 Å². The third kappa shape index (κ3) is 3.88. The average Bonchev–Trinajstić information content (AvgIpc) is 2.67. The summed E-state index contributed by atoms with van der Waals surface area (Å²) < 4.78 is 32.8. The Morgan fingerprint density at radius 3 is 2.50 bits per heavy atom. The first-order chi connectivity index (χ1) is 12.4. The number of carbonyl (C=O) groups is 1. The van der Waals surface area contributed by atoms with Crippen molar-refractivity contribution in [3.8, 4) is 5.75 Å². The summed E-state index contributed by atoms with van der Waals surface area (Å²) in [5.74, 6) is 0.730. The number of sulfonamides is 1. The Hall–Kier alpha value is -1.60. The minimum Gasteiger partial charge on any atom is -0.496 e. The molecule has 2 aliphatic heterocycles. The summed E-state index contributed by atoms with van der Waals surface area (Å²) in [5.41, 5.74) is 0.333. The van der Waals surface area contributed by atoms with Crippen LogP contribution in [0, 0.1) is 5.92 Å². The highest BCUT2D eigenvalue weighted by atomic mass is 32.2. The number of carbonyl (C=O) groups excluding carboxylic acids is 1. The van der Waals surface area contributed by atoms with Gasteiger partial charge in [-0.15, -0.1) is 0 Å². The standard InChI is InChI=1S/C19H28N2O4S/c1-15-7-6-10-20(14-15)19(22)17-13-16(8-9-18(17)25-2)26(23,24)21-11-4-3-5-12-21/h8-9,13,15H,3-7,10-12,14H2,1-2H3/t15-/m0/s1. The molecule has 144 valence electrons. The average molecular weight is 381 g/mol. The van der Waals surface area contributed by atoms with Crippen molar-refractivity contribution in [2.24, 2.45) is 5.92 Å². The molecule has 6 nitrogen and oxygen atoms in total. The van der Waals surface area contributed by atoms with Gasteiger partial charge >= 0.3 is 0 Å². The summed E-state index contributed by atoms with van der Waals surface area (Å²) in [4.78, 5) is 15.0. The van der Waals surface area contributed by atoms with Crippen LogP contribution in [-0.2, 0) is 10.0 Å². The normalized spacial score (nSPS) is 22.2. The molecule has 1 atom stereocenters. The van der Waals surface area contributed by atoms with Gasteiger partial charge in [0.25, 0.3) is 5.91 Å². The Morgan fingerprint density at radius 2 is 1.85 bits per heavy atom. The zero-order chi connectivity index (χ0) is 18.7. The topological polar surface area (TPSA) is 66.9 Å². The Morgan fingerprint density at radius 1 is 1.12 bits per heavy atom. The minimum absolute atomic E-state index is 0.149. The highest BCUT2D eigenvalue weighted by Gasteiger charge is 2.29. The number of ether oxygens (including phenoxy) is 1. The fourth-order valence-electron chi connectivity index (χ4n) is 3.81. The summed E-state index contributed by atoms with van der Waals surface area (Å²) in [6.07, 6.45) is 4.91. The summed E-state index contributed by atoms with van der Waals surface area (Å²) >= 11 is 0. The number of amides is 1. The number of nitrogens with zero attached hydrogens (tertiary/aromatic N) is 2. The first-order valence-electron chi connectivity index (χ1n) is 9.41. The number of hydrogen-bond donors (Lipinski definition) is 0. The summed E-state index contributed by atoms with van der Waals surface area (Å²) in [6, 6.07) is 4.63. The van der Waals surface area contributed by atoms with E-state index in [9.17, 15) is 13.2 Å². The minimum atomic E-state index is -3.58. The number of hydrogen-bond acceptors (Lipinski definition) is 4. The van der Waals surface area contributed by atoms with E-state index in [-0.39, 0.29) is 10.8 Å². The third-order valence-electron chi connectivity index (χ3n) is 5.30. The Kier molecular flexibility index (Phi) is 5.87. The van der Waals surface area contributed by atoms with Crippen molar-refractivity contribution in [1.29, 1.82) is 0 Å². The largest absolute Gasteiger partial charge is 0.496 e. The Balaban J connectivity index is 1.92. The lowest BCUT2D eigenvalue weighted by molar-refractivity contribution is 0.0679. The summed E-state index contributed by atoms with van der Waals surface area (Å²) in [5, 5.41) is 0. The number of benzene rings is 1. The van der Waals surface area contributed by atoms with Gasteiger partial charge in [0.05, 0.1) is 17.6 Å². The molecule has 0 aliphatic carbocycles. The van der Waals surface area contributed by atoms with Gasteiger partial charge in [-0.1, -0.05) is 13.3 Å².